The molecule has 0 aliphatic carbocycles. The van der Waals surface area contributed by atoms with Crippen LogP contribution in [0.5, 0.6) is 0 Å². The summed E-state index contributed by atoms with van der Waals surface area (Å²) >= 11 is 0. The molecule has 1 atom stereocenters. The zero-order valence-electron chi connectivity index (χ0n) is 12.2. The molecule has 0 fully saturated rings. The van der Waals surface area contributed by atoms with E-state index in [2.05, 4.69) is 0 Å². The standard InChI is InChI=1S/C14H26O6/c1-2-3-11-19-12(16)7-4-5-8-13(17)20-14(18)9-6-10-15/h14-15,18H,2-11H2,1H3. The van der Waals surface area contributed by atoms with Crippen LogP contribution in [0.2, 0.25) is 0 Å². The Bertz CT molecular complexity index is 266. The molecule has 1 unspecified atom stereocenters. The first-order valence-corrected chi connectivity index (χ1v) is 7.24. The average Bonchev–Trinajstić information content (AvgIpc) is 2.41. The third kappa shape index (κ3) is 11.9. The van der Waals surface area contributed by atoms with E-state index < -0.39 is 12.3 Å². The van der Waals surface area contributed by atoms with E-state index in [0.29, 0.717) is 32.3 Å². The highest BCUT2D eigenvalue weighted by molar-refractivity contribution is 5.70. The molecule has 0 aromatic rings. The van der Waals surface area contributed by atoms with Crippen LogP contribution in [0, 0.1) is 0 Å². The van der Waals surface area contributed by atoms with Crippen molar-refractivity contribution in [2.24, 2.45) is 0 Å². The molecular formula is C14H26O6. The lowest BCUT2D eigenvalue weighted by Gasteiger charge is -2.11. The molecule has 0 rings (SSSR count). The van der Waals surface area contributed by atoms with Crippen molar-refractivity contribution in [2.75, 3.05) is 13.2 Å². The van der Waals surface area contributed by atoms with Crippen molar-refractivity contribution in [3.8, 4) is 0 Å². The monoisotopic (exact) mass is 290 g/mol. The quantitative estimate of drug-likeness (QED) is 0.321. The minimum absolute atomic E-state index is 0.0469. The van der Waals surface area contributed by atoms with E-state index in [1.54, 1.807) is 0 Å². The molecule has 118 valence electrons. The minimum Gasteiger partial charge on any atom is -0.466 e. The number of aliphatic hydroxyl groups is 2. The van der Waals surface area contributed by atoms with Crippen molar-refractivity contribution in [3.63, 3.8) is 0 Å². The van der Waals surface area contributed by atoms with Gasteiger partial charge in [0.05, 0.1) is 6.61 Å². The molecule has 2 N–H and O–H groups in total. The SMILES string of the molecule is CCCCOC(=O)CCCCC(=O)OC(O)CCCO. The number of aliphatic hydroxyl groups excluding tert-OH is 2. The Morgan fingerprint density at radius 1 is 1.05 bits per heavy atom. The summed E-state index contributed by atoms with van der Waals surface area (Å²) in [4.78, 5) is 22.6. The van der Waals surface area contributed by atoms with Gasteiger partial charge in [-0.05, 0) is 25.7 Å². The Kier molecular flexibility index (Phi) is 12.1. The van der Waals surface area contributed by atoms with Crippen LogP contribution in [-0.2, 0) is 19.1 Å². The van der Waals surface area contributed by atoms with E-state index in [1.165, 1.54) is 0 Å². The summed E-state index contributed by atoms with van der Waals surface area (Å²) in [5.74, 6) is -0.732. The Hall–Kier alpha value is -1.14. The summed E-state index contributed by atoms with van der Waals surface area (Å²) in [5.41, 5.74) is 0. The fourth-order valence-corrected chi connectivity index (χ4v) is 1.48. The fourth-order valence-electron chi connectivity index (χ4n) is 1.48. The molecule has 0 saturated carbocycles. The van der Waals surface area contributed by atoms with Gasteiger partial charge in [-0.2, -0.15) is 0 Å². The third-order valence-electron chi connectivity index (χ3n) is 2.65. The second kappa shape index (κ2) is 12.9. The lowest BCUT2D eigenvalue weighted by molar-refractivity contribution is -0.169. The topological polar surface area (TPSA) is 93.1 Å². The maximum Gasteiger partial charge on any atom is 0.308 e. The first kappa shape index (κ1) is 18.9. The normalized spacial score (nSPS) is 11.9. The van der Waals surface area contributed by atoms with Crippen molar-refractivity contribution in [1.29, 1.82) is 0 Å². The van der Waals surface area contributed by atoms with Crippen LogP contribution in [0.15, 0.2) is 0 Å². The molecule has 0 radical (unpaired) electrons. The summed E-state index contributed by atoms with van der Waals surface area (Å²) in [6, 6.07) is 0. The molecular weight excluding hydrogens is 264 g/mol. The molecule has 6 nitrogen and oxygen atoms in total. The number of rotatable bonds is 12. The van der Waals surface area contributed by atoms with E-state index in [0.717, 1.165) is 12.8 Å². The molecule has 0 aliphatic heterocycles. The molecule has 20 heavy (non-hydrogen) atoms. The number of carbonyl (C=O) groups is 2. The van der Waals surface area contributed by atoms with Gasteiger partial charge in [0.1, 0.15) is 0 Å². The van der Waals surface area contributed by atoms with Crippen molar-refractivity contribution in [3.05, 3.63) is 0 Å². The highest BCUT2D eigenvalue weighted by Crippen LogP contribution is 2.06. The Balaban J connectivity index is 3.49. The van der Waals surface area contributed by atoms with E-state index >= 15 is 0 Å². The Morgan fingerprint density at radius 2 is 1.70 bits per heavy atom. The maximum atomic E-state index is 11.3. The lowest BCUT2D eigenvalue weighted by atomic mass is 10.2. The number of ether oxygens (including phenoxy) is 2. The molecule has 0 spiro atoms. The average molecular weight is 290 g/mol. The molecule has 0 aliphatic rings. The van der Waals surface area contributed by atoms with Gasteiger partial charge >= 0.3 is 11.9 Å². The predicted molar refractivity (Wildman–Crippen MR) is 72.8 cm³/mol. The van der Waals surface area contributed by atoms with Crippen molar-refractivity contribution < 1.29 is 29.3 Å². The summed E-state index contributed by atoms with van der Waals surface area (Å²) in [6.07, 6.45) is 2.85. The fraction of sp³-hybridized carbons (Fsp3) is 0.857. The predicted octanol–water partition coefficient (Wildman–Crippen LogP) is 1.52. The largest absolute Gasteiger partial charge is 0.466 e. The number of esters is 2. The smallest absolute Gasteiger partial charge is 0.308 e. The van der Waals surface area contributed by atoms with Crippen LogP contribution in [0.4, 0.5) is 0 Å². The van der Waals surface area contributed by atoms with Gasteiger partial charge in [-0.3, -0.25) is 9.59 Å². The Labute approximate surface area is 120 Å². The number of unbranched alkanes of at least 4 members (excludes halogenated alkanes) is 2. The van der Waals surface area contributed by atoms with Crippen LogP contribution in [0.1, 0.15) is 58.3 Å². The minimum atomic E-state index is -1.16. The highest BCUT2D eigenvalue weighted by Gasteiger charge is 2.11. The molecule has 0 aromatic carbocycles. The first-order valence-electron chi connectivity index (χ1n) is 7.24. The van der Waals surface area contributed by atoms with Gasteiger partial charge in [-0.15, -0.1) is 0 Å². The lowest BCUT2D eigenvalue weighted by Crippen LogP contribution is -2.17. The van der Waals surface area contributed by atoms with E-state index in [4.69, 9.17) is 14.6 Å². The maximum absolute atomic E-state index is 11.3. The molecule has 6 heteroatoms. The van der Waals surface area contributed by atoms with Crippen molar-refractivity contribution in [2.45, 2.75) is 64.6 Å². The summed E-state index contributed by atoms with van der Waals surface area (Å²) in [7, 11) is 0. The van der Waals surface area contributed by atoms with Gasteiger partial charge in [0.2, 0.25) is 6.29 Å². The number of carbonyl (C=O) groups excluding carboxylic acids is 2. The van der Waals surface area contributed by atoms with Gasteiger partial charge in [-0.1, -0.05) is 13.3 Å². The van der Waals surface area contributed by atoms with Gasteiger partial charge in [0, 0.05) is 25.9 Å². The van der Waals surface area contributed by atoms with Gasteiger partial charge in [0.25, 0.3) is 0 Å². The van der Waals surface area contributed by atoms with Crippen LogP contribution < -0.4 is 0 Å². The highest BCUT2D eigenvalue weighted by atomic mass is 16.6. The van der Waals surface area contributed by atoms with Crippen LogP contribution in [0.3, 0.4) is 0 Å². The van der Waals surface area contributed by atoms with E-state index in [1.807, 2.05) is 6.92 Å². The van der Waals surface area contributed by atoms with Gasteiger partial charge < -0.3 is 19.7 Å². The van der Waals surface area contributed by atoms with Crippen LogP contribution in [-0.4, -0.2) is 41.7 Å². The molecule has 0 bridgehead atoms. The van der Waals surface area contributed by atoms with Crippen LogP contribution in [0.25, 0.3) is 0 Å². The van der Waals surface area contributed by atoms with Crippen LogP contribution >= 0.6 is 0 Å². The summed E-state index contributed by atoms with van der Waals surface area (Å²) < 4.78 is 9.71. The summed E-state index contributed by atoms with van der Waals surface area (Å²) in [6.45, 7) is 2.43. The molecule has 0 saturated heterocycles. The molecule has 0 heterocycles. The van der Waals surface area contributed by atoms with Gasteiger partial charge in [0.15, 0.2) is 0 Å². The van der Waals surface area contributed by atoms with Gasteiger partial charge in [-0.25, -0.2) is 0 Å². The number of hydrogen-bond acceptors (Lipinski definition) is 6. The van der Waals surface area contributed by atoms with E-state index in [9.17, 15) is 14.7 Å². The van der Waals surface area contributed by atoms with Crippen molar-refractivity contribution >= 4 is 11.9 Å². The van der Waals surface area contributed by atoms with Crippen molar-refractivity contribution in [1.82, 2.24) is 0 Å². The molecule has 0 aromatic heterocycles. The second-order valence-electron chi connectivity index (χ2n) is 4.59. The Morgan fingerprint density at radius 3 is 2.30 bits per heavy atom. The zero-order chi connectivity index (χ0) is 15.2. The number of hydrogen-bond donors (Lipinski definition) is 2. The zero-order valence-corrected chi connectivity index (χ0v) is 12.2. The second-order valence-corrected chi connectivity index (χ2v) is 4.59. The first-order chi connectivity index (χ1) is 9.60. The molecule has 0 amide bonds. The summed E-state index contributed by atoms with van der Waals surface area (Å²) in [5, 5.41) is 17.8. The van der Waals surface area contributed by atoms with E-state index in [-0.39, 0.29) is 25.4 Å². The third-order valence-corrected chi connectivity index (χ3v) is 2.65.